The summed E-state index contributed by atoms with van der Waals surface area (Å²) in [5.41, 5.74) is 7.61. The molecule has 0 aliphatic heterocycles. The van der Waals surface area contributed by atoms with Crippen LogP contribution in [0.25, 0.3) is 0 Å². The highest BCUT2D eigenvalue weighted by Gasteiger charge is 2.24. The van der Waals surface area contributed by atoms with Gasteiger partial charge in [0.15, 0.2) is 0 Å². The van der Waals surface area contributed by atoms with Crippen LogP contribution in [0.3, 0.4) is 0 Å². The maximum Gasteiger partial charge on any atom is 0.102 e. The van der Waals surface area contributed by atoms with Crippen LogP contribution in [0.4, 0.5) is 0 Å². The topological polar surface area (TPSA) is 35.2 Å². The fraction of sp³-hybridized carbons (Fsp3) is 0.455. The van der Waals surface area contributed by atoms with Gasteiger partial charge in [0.1, 0.15) is 5.60 Å². The van der Waals surface area contributed by atoms with E-state index >= 15 is 0 Å². The molecule has 1 atom stereocenters. The Morgan fingerprint density at radius 2 is 2.14 bits per heavy atom. The number of aryl methyl sites for hydroxylation is 1. The minimum atomic E-state index is -0.393. The Labute approximate surface area is 93.6 Å². The molecule has 0 aromatic heterocycles. The fourth-order valence-electron chi connectivity index (χ4n) is 1.24. The molecule has 0 saturated heterocycles. The van der Waals surface area contributed by atoms with Crippen molar-refractivity contribution in [2.75, 3.05) is 13.7 Å². The van der Waals surface area contributed by atoms with E-state index in [1.807, 2.05) is 6.92 Å². The van der Waals surface area contributed by atoms with Crippen LogP contribution < -0.4 is 5.73 Å². The van der Waals surface area contributed by atoms with Crippen LogP contribution >= 0.6 is 15.9 Å². The lowest BCUT2D eigenvalue weighted by Crippen LogP contribution is -2.33. The van der Waals surface area contributed by atoms with E-state index in [2.05, 4.69) is 41.1 Å². The molecule has 0 spiro atoms. The van der Waals surface area contributed by atoms with Crippen LogP contribution in [0.5, 0.6) is 0 Å². The van der Waals surface area contributed by atoms with Crippen molar-refractivity contribution in [2.45, 2.75) is 19.4 Å². The molecule has 2 N–H and O–H groups in total. The Morgan fingerprint density at radius 3 is 2.57 bits per heavy atom. The molecule has 1 rings (SSSR count). The van der Waals surface area contributed by atoms with Gasteiger partial charge >= 0.3 is 0 Å². The van der Waals surface area contributed by atoms with Crippen LogP contribution in [-0.2, 0) is 10.3 Å². The van der Waals surface area contributed by atoms with Gasteiger partial charge in [-0.3, -0.25) is 0 Å². The summed E-state index contributed by atoms with van der Waals surface area (Å²) in [5, 5.41) is 0. The fourth-order valence-corrected chi connectivity index (χ4v) is 1.62. The summed E-state index contributed by atoms with van der Waals surface area (Å²) in [4.78, 5) is 0. The van der Waals surface area contributed by atoms with Crippen molar-refractivity contribution < 1.29 is 4.74 Å². The second-order valence-electron chi connectivity index (χ2n) is 3.60. The van der Waals surface area contributed by atoms with Gasteiger partial charge in [-0.2, -0.15) is 0 Å². The summed E-state index contributed by atoms with van der Waals surface area (Å²) in [6.45, 7) is 4.52. The number of halogens is 1. The first-order valence-electron chi connectivity index (χ1n) is 4.55. The van der Waals surface area contributed by atoms with Gasteiger partial charge in [-0.15, -0.1) is 0 Å². The Kier molecular flexibility index (Phi) is 3.70. The first kappa shape index (κ1) is 11.7. The molecule has 0 heterocycles. The van der Waals surface area contributed by atoms with E-state index in [9.17, 15) is 0 Å². The lowest BCUT2D eigenvalue weighted by atomic mass is 9.95. The Morgan fingerprint density at radius 1 is 1.50 bits per heavy atom. The zero-order valence-corrected chi connectivity index (χ0v) is 10.4. The molecular formula is C11H16BrNO. The van der Waals surface area contributed by atoms with Crippen molar-refractivity contribution in [3.8, 4) is 0 Å². The summed E-state index contributed by atoms with van der Waals surface area (Å²) >= 11 is 3.50. The Bertz CT molecular complexity index is 321. The summed E-state index contributed by atoms with van der Waals surface area (Å²) in [7, 11) is 1.68. The third-order valence-electron chi connectivity index (χ3n) is 2.62. The number of benzene rings is 1. The zero-order chi connectivity index (χ0) is 10.8. The lowest BCUT2D eigenvalue weighted by Gasteiger charge is -2.27. The quantitative estimate of drug-likeness (QED) is 0.904. The minimum absolute atomic E-state index is 0.393. The Hall–Kier alpha value is -0.380. The molecule has 0 fully saturated rings. The van der Waals surface area contributed by atoms with E-state index < -0.39 is 5.60 Å². The van der Waals surface area contributed by atoms with Crippen molar-refractivity contribution in [3.05, 3.63) is 33.8 Å². The number of ether oxygens (including phenoxy) is 1. The molecular weight excluding hydrogens is 242 g/mol. The van der Waals surface area contributed by atoms with Crippen molar-refractivity contribution in [1.82, 2.24) is 0 Å². The second kappa shape index (κ2) is 4.43. The molecule has 1 unspecified atom stereocenters. The number of nitrogens with two attached hydrogens (primary N) is 1. The molecule has 1 aromatic rings. The first-order chi connectivity index (χ1) is 6.53. The zero-order valence-electron chi connectivity index (χ0n) is 8.80. The maximum absolute atomic E-state index is 5.70. The molecule has 0 aliphatic carbocycles. The molecule has 1 aromatic carbocycles. The number of hydrogen-bond acceptors (Lipinski definition) is 2. The van der Waals surface area contributed by atoms with E-state index in [-0.39, 0.29) is 0 Å². The van der Waals surface area contributed by atoms with Gasteiger partial charge in [0.05, 0.1) is 0 Å². The van der Waals surface area contributed by atoms with E-state index in [1.54, 1.807) is 7.11 Å². The predicted octanol–water partition coefficient (Wildman–Crippen LogP) is 2.58. The van der Waals surface area contributed by atoms with E-state index in [4.69, 9.17) is 10.5 Å². The molecule has 0 bridgehead atoms. The van der Waals surface area contributed by atoms with E-state index in [1.165, 1.54) is 5.56 Å². The average molecular weight is 258 g/mol. The first-order valence-corrected chi connectivity index (χ1v) is 5.34. The van der Waals surface area contributed by atoms with Gasteiger partial charge < -0.3 is 10.5 Å². The summed E-state index contributed by atoms with van der Waals surface area (Å²) in [6, 6.07) is 6.18. The van der Waals surface area contributed by atoms with Gasteiger partial charge in [-0.1, -0.05) is 28.1 Å². The predicted molar refractivity (Wildman–Crippen MR) is 62.3 cm³/mol. The van der Waals surface area contributed by atoms with Crippen molar-refractivity contribution in [3.63, 3.8) is 0 Å². The van der Waals surface area contributed by atoms with Gasteiger partial charge in [0.2, 0.25) is 0 Å². The smallest absolute Gasteiger partial charge is 0.102 e. The number of methoxy groups -OCH3 is 1. The van der Waals surface area contributed by atoms with Crippen LogP contribution in [0, 0.1) is 6.92 Å². The molecule has 2 nitrogen and oxygen atoms in total. The lowest BCUT2D eigenvalue weighted by molar-refractivity contribution is 0.0100. The normalized spacial score (nSPS) is 15.2. The van der Waals surface area contributed by atoms with E-state index in [0.29, 0.717) is 6.54 Å². The summed E-state index contributed by atoms with van der Waals surface area (Å²) in [5.74, 6) is 0. The largest absolute Gasteiger partial charge is 0.372 e. The van der Waals surface area contributed by atoms with Crippen LogP contribution in [0.2, 0.25) is 0 Å². The van der Waals surface area contributed by atoms with Crippen molar-refractivity contribution in [2.24, 2.45) is 5.73 Å². The van der Waals surface area contributed by atoms with Gasteiger partial charge in [0, 0.05) is 18.1 Å². The summed E-state index contributed by atoms with van der Waals surface area (Å²) < 4.78 is 6.51. The van der Waals surface area contributed by atoms with Crippen LogP contribution in [0.1, 0.15) is 18.1 Å². The average Bonchev–Trinajstić information content (AvgIpc) is 2.21. The highest BCUT2D eigenvalue weighted by atomic mass is 79.9. The molecule has 0 aliphatic rings. The molecule has 0 amide bonds. The minimum Gasteiger partial charge on any atom is -0.372 e. The molecule has 3 heteroatoms. The molecule has 14 heavy (non-hydrogen) atoms. The highest BCUT2D eigenvalue weighted by Crippen LogP contribution is 2.27. The number of rotatable bonds is 3. The van der Waals surface area contributed by atoms with Gasteiger partial charge in [-0.05, 0) is 31.0 Å². The van der Waals surface area contributed by atoms with Crippen molar-refractivity contribution >= 4 is 15.9 Å². The number of hydrogen-bond donors (Lipinski definition) is 1. The summed E-state index contributed by atoms with van der Waals surface area (Å²) in [6.07, 6.45) is 0. The monoisotopic (exact) mass is 257 g/mol. The van der Waals surface area contributed by atoms with Crippen LogP contribution in [0.15, 0.2) is 22.7 Å². The second-order valence-corrected chi connectivity index (χ2v) is 4.46. The molecule has 0 saturated carbocycles. The molecule has 0 radical (unpaired) electrons. The standard InChI is InChI=1S/C11H16BrNO/c1-8-4-5-9(6-10(8)12)11(2,7-13)14-3/h4-6H,7,13H2,1-3H3. The Balaban J connectivity index is 3.12. The van der Waals surface area contributed by atoms with Gasteiger partial charge in [-0.25, -0.2) is 0 Å². The SMILES string of the molecule is COC(C)(CN)c1ccc(C)c(Br)c1. The maximum atomic E-state index is 5.70. The van der Waals surface area contributed by atoms with Crippen molar-refractivity contribution in [1.29, 1.82) is 0 Å². The van der Waals surface area contributed by atoms with Gasteiger partial charge in [0.25, 0.3) is 0 Å². The molecule has 78 valence electrons. The van der Waals surface area contributed by atoms with Crippen LogP contribution in [-0.4, -0.2) is 13.7 Å². The third kappa shape index (κ3) is 2.16. The third-order valence-corrected chi connectivity index (χ3v) is 3.48. The highest BCUT2D eigenvalue weighted by molar-refractivity contribution is 9.10. The van der Waals surface area contributed by atoms with E-state index in [0.717, 1.165) is 10.0 Å².